The standard InChI is InChI=1S/C13H14ClN3O2/c1-8-10(6-15)7-17(16-8)12-5-9(13(18)19-2)3-4-11(12)14/h3-5,7H,6,15H2,1-2H3. The Morgan fingerprint density at radius 3 is 2.84 bits per heavy atom. The molecular weight excluding hydrogens is 266 g/mol. The number of nitrogens with two attached hydrogens (primary N) is 1. The van der Waals surface area contributed by atoms with Gasteiger partial charge in [-0.3, -0.25) is 0 Å². The van der Waals surface area contributed by atoms with E-state index in [1.165, 1.54) is 7.11 Å². The molecule has 0 amide bonds. The summed E-state index contributed by atoms with van der Waals surface area (Å²) in [6.45, 7) is 2.27. The van der Waals surface area contributed by atoms with Gasteiger partial charge < -0.3 is 10.5 Å². The molecule has 1 aromatic carbocycles. The minimum Gasteiger partial charge on any atom is -0.465 e. The lowest BCUT2D eigenvalue weighted by Gasteiger charge is -2.06. The number of aryl methyl sites for hydroxylation is 1. The molecule has 0 unspecified atom stereocenters. The van der Waals surface area contributed by atoms with Crippen LogP contribution in [0.2, 0.25) is 5.02 Å². The second kappa shape index (κ2) is 5.42. The number of esters is 1. The number of carbonyl (C=O) groups excluding carboxylic acids is 1. The van der Waals surface area contributed by atoms with Crippen LogP contribution in [0.5, 0.6) is 0 Å². The van der Waals surface area contributed by atoms with Crippen molar-refractivity contribution in [1.29, 1.82) is 0 Å². The predicted octanol–water partition coefficient (Wildman–Crippen LogP) is 2.08. The maximum absolute atomic E-state index is 11.5. The molecule has 5 nitrogen and oxygen atoms in total. The summed E-state index contributed by atoms with van der Waals surface area (Å²) in [5, 5.41) is 4.84. The summed E-state index contributed by atoms with van der Waals surface area (Å²) in [7, 11) is 1.33. The number of benzene rings is 1. The molecular formula is C13H14ClN3O2. The van der Waals surface area contributed by atoms with Crippen LogP contribution < -0.4 is 5.73 Å². The molecule has 0 atom stereocenters. The van der Waals surface area contributed by atoms with Gasteiger partial charge in [0.2, 0.25) is 0 Å². The fourth-order valence-corrected chi connectivity index (χ4v) is 1.96. The third-order valence-corrected chi connectivity index (χ3v) is 3.15. The molecule has 0 saturated carbocycles. The van der Waals surface area contributed by atoms with Crippen molar-refractivity contribution in [3.8, 4) is 5.69 Å². The molecule has 0 aliphatic heterocycles. The van der Waals surface area contributed by atoms with Crippen LogP contribution in [0.3, 0.4) is 0 Å². The average Bonchev–Trinajstić information content (AvgIpc) is 2.79. The summed E-state index contributed by atoms with van der Waals surface area (Å²) in [4.78, 5) is 11.5. The first kappa shape index (κ1) is 13.6. The normalized spacial score (nSPS) is 10.5. The number of hydrogen-bond acceptors (Lipinski definition) is 4. The first-order valence-electron chi connectivity index (χ1n) is 5.70. The zero-order chi connectivity index (χ0) is 14.0. The van der Waals surface area contributed by atoms with Crippen molar-refractivity contribution in [2.24, 2.45) is 5.73 Å². The van der Waals surface area contributed by atoms with Crippen LogP contribution in [0.1, 0.15) is 21.6 Å². The molecule has 1 aromatic heterocycles. The van der Waals surface area contributed by atoms with Gasteiger partial charge in [-0.15, -0.1) is 0 Å². The third-order valence-electron chi connectivity index (χ3n) is 2.83. The number of ether oxygens (including phenoxy) is 1. The van der Waals surface area contributed by atoms with Crippen LogP contribution >= 0.6 is 11.6 Å². The van der Waals surface area contributed by atoms with Crippen LogP contribution in [-0.4, -0.2) is 22.9 Å². The molecule has 2 N–H and O–H groups in total. The van der Waals surface area contributed by atoms with Crippen molar-refractivity contribution in [3.05, 3.63) is 46.2 Å². The van der Waals surface area contributed by atoms with Gasteiger partial charge in [0.05, 0.1) is 29.1 Å². The molecule has 0 saturated heterocycles. The maximum atomic E-state index is 11.5. The topological polar surface area (TPSA) is 70.1 Å². The predicted molar refractivity (Wildman–Crippen MR) is 72.5 cm³/mol. The molecule has 0 aliphatic rings. The molecule has 6 heteroatoms. The quantitative estimate of drug-likeness (QED) is 0.873. The smallest absolute Gasteiger partial charge is 0.337 e. The van der Waals surface area contributed by atoms with E-state index >= 15 is 0 Å². The van der Waals surface area contributed by atoms with E-state index in [0.717, 1.165) is 11.3 Å². The largest absolute Gasteiger partial charge is 0.465 e. The molecule has 0 aliphatic carbocycles. The van der Waals surface area contributed by atoms with Gasteiger partial charge in [0.25, 0.3) is 0 Å². The van der Waals surface area contributed by atoms with Crippen LogP contribution in [-0.2, 0) is 11.3 Å². The molecule has 2 aromatic rings. The minimum atomic E-state index is -0.416. The Bertz CT molecular complexity index is 622. The van der Waals surface area contributed by atoms with Gasteiger partial charge in [0, 0.05) is 18.3 Å². The molecule has 2 rings (SSSR count). The molecule has 0 fully saturated rings. The summed E-state index contributed by atoms with van der Waals surface area (Å²) >= 11 is 6.14. The van der Waals surface area contributed by atoms with Gasteiger partial charge in [-0.1, -0.05) is 11.6 Å². The number of hydrogen-bond donors (Lipinski definition) is 1. The van der Waals surface area contributed by atoms with Crippen molar-refractivity contribution < 1.29 is 9.53 Å². The Morgan fingerprint density at radius 2 is 2.26 bits per heavy atom. The van der Waals surface area contributed by atoms with Crippen LogP contribution in [0.4, 0.5) is 0 Å². The second-order valence-electron chi connectivity index (χ2n) is 4.05. The number of rotatable bonds is 3. The molecule has 0 spiro atoms. The first-order valence-corrected chi connectivity index (χ1v) is 6.08. The number of aromatic nitrogens is 2. The van der Waals surface area contributed by atoms with Crippen molar-refractivity contribution in [2.45, 2.75) is 13.5 Å². The van der Waals surface area contributed by atoms with Crippen molar-refractivity contribution in [1.82, 2.24) is 9.78 Å². The maximum Gasteiger partial charge on any atom is 0.337 e. The zero-order valence-corrected chi connectivity index (χ0v) is 11.4. The monoisotopic (exact) mass is 279 g/mol. The van der Waals surface area contributed by atoms with Gasteiger partial charge in [-0.2, -0.15) is 5.10 Å². The van der Waals surface area contributed by atoms with Gasteiger partial charge >= 0.3 is 5.97 Å². The van der Waals surface area contributed by atoms with Crippen molar-refractivity contribution in [2.75, 3.05) is 7.11 Å². The van der Waals surface area contributed by atoms with E-state index in [1.54, 1.807) is 29.1 Å². The molecule has 100 valence electrons. The van der Waals surface area contributed by atoms with Gasteiger partial charge in [-0.25, -0.2) is 9.48 Å². The lowest BCUT2D eigenvalue weighted by molar-refractivity contribution is 0.0600. The molecule has 1 heterocycles. The van der Waals surface area contributed by atoms with Crippen LogP contribution in [0, 0.1) is 6.92 Å². The number of nitrogens with zero attached hydrogens (tertiary/aromatic N) is 2. The zero-order valence-electron chi connectivity index (χ0n) is 10.7. The van der Waals surface area contributed by atoms with Gasteiger partial charge in [0.1, 0.15) is 0 Å². The Hall–Kier alpha value is -1.85. The summed E-state index contributed by atoms with van der Waals surface area (Å²) in [5.41, 5.74) is 8.42. The highest BCUT2D eigenvalue weighted by Crippen LogP contribution is 2.23. The molecule has 0 bridgehead atoms. The summed E-state index contributed by atoms with van der Waals surface area (Å²) in [6.07, 6.45) is 1.80. The lowest BCUT2D eigenvalue weighted by atomic mass is 10.2. The van der Waals surface area contributed by atoms with Crippen LogP contribution in [0.25, 0.3) is 5.69 Å². The van der Waals surface area contributed by atoms with E-state index in [9.17, 15) is 4.79 Å². The van der Waals surface area contributed by atoms with E-state index < -0.39 is 5.97 Å². The van der Waals surface area contributed by atoms with Gasteiger partial charge in [0.15, 0.2) is 0 Å². The molecule has 19 heavy (non-hydrogen) atoms. The highest BCUT2D eigenvalue weighted by Gasteiger charge is 2.12. The van der Waals surface area contributed by atoms with E-state index in [0.29, 0.717) is 22.8 Å². The SMILES string of the molecule is COC(=O)c1ccc(Cl)c(-n2cc(CN)c(C)n2)c1. The summed E-state index contributed by atoms with van der Waals surface area (Å²) < 4.78 is 6.30. The first-order chi connectivity index (χ1) is 9.06. The Morgan fingerprint density at radius 1 is 1.53 bits per heavy atom. The van der Waals surface area contributed by atoms with Crippen LogP contribution in [0.15, 0.2) is 24.4 Å². The van der Waals surface area contributed by atoms with E-state index in [4.69, 9.17) is 17.3 Å². The number of halogens is 1. The fraction of sp³-hybridized carbons (Fsp3) is 0.231. The van der Waals surface area contributed by atoms with E-state index in [2.05, 4.69) is 9.84 Å². The molecule has 0 radical (unpaired) electrons. The lowest BCUT2D eigenvalue weighted by Crippen LogP contribution is -2.04. The van der Waals surface area contributed by atoms with Crippen molar-refractivity contribution in [3.63, 3.8) is 0 Å². The number of methoxy groups -OCH3 is 1. The van der Waals surface area contributed by atoms with Gasteiger partial charge in [-0.05, 0) is 25.1 Å². The average molecular weight is 280 g/mol. The second-order valence-corrected chi connectivity index (χ2v) is 4.45. The fourth-order valence-electron chi connectivity index (χ4n) is 1.75. The Kier molecular flexibility index (Phi) is 3.87. The Balaban J connectivity index is 2.51. The highest BCUT2D eigenvalue weighted by molar-refractivity contribution is 6.32. The third kappa shape index (κ3) is 2.62. The minimum absolute atomic E-state index is 0.403. The highest BCUT2D eigenvalue weighted by atomic mass is 35.5. The summed E-state index contributed by atoms with van der Waals surface area (Å²) in [5.74, 6) is -0.416. The number of carbonyl (C=O) groups is 1. The van der Waals surface area contributed by atoms with Crippen molar-refractivity contribution >= 4 is 17.6 Å². The van der Waals surface area contributed by atoms with E-state index in [1.807, 2.05) is 6.92 Å². The Labute approximate surface area is 115 Å². The summed E-state index contributed by atoms with van der Waals surface area (Å²) in [6, 6.07) is 4.89. The van der Waals surface area contributed by atoms with E-state index in [-0.39, 0.29) is 0 Å².